The number of hydrogen-bond donors (Lipinski definition) is 0. The Morgan fingerprint density at radius 1 is 0.148 bits per heavy atom. The van der Waals surface area contributed by atoms with Crippen molar-refractivity contribution in [3.8, 4) is 0 Å². The Kier molecular flexibility index (Phi) is 18.1. The molecule has 0 unspecified atom stereocenters. The molecule has 7 heteroatoms. The van der Waals surface area contributed by atoms with Crippen LogP contribution < -0.4 is 62.2 Å². The molecule has 435 valence electrons. The van der Waals surface area contributed by atoms with Gasteiger partial charge in [0, 0.05) is 0 Å². The molecule has 0 heterocycles. The SMILES string of the molecule is C[Si](c1ccccc1)(c1ccccc1)[CH]([Cr]([CH]([Si](C)(c1ccccc1)c1ccccc1)[Si](C)(c1ccccc1)c1ccccc1)[CH]([Si](C)(c1ccccc1)c1ccccc1)[Si](C)(c1ccccc1)c1ccccc1)[Si](C)(c1ccccc1)c1ccccc1. The molecule has 0 radical (unpaired) electrons. The van der Waals surface area contributed by atoms with Crippen LogP contribution in [0.1, 0.15) is 0 Å². The van der Waals surface area contributed by atoms with E-state index in [9.17, 15) is 0 Å². The summed E-state index contributed by atoms with van der Waals surface area (Å²) in [5, 5.41) is 18.3. The molecule has 0 saturated carbocycles. The summed E-state index contributed by atoms with van der Waals surface area (Å²) in [5.74, 6) is 0. The summed E-state index contributed by atoms with van der Waals surface area (Å²) in [6.45, 7) is 17.5. The van der Waals surface area contributed by atoms with Gasteiger partial charge in [0.25, 0.3) is 0 Å². The van der Waals surface area contributed by atoms with Crippen molar-refractivity contribution in [2.75, 3.05) is 0 Å². The normalized spacial score (nSPS) is 12.6. The van der Waals surface area contributed by atoms with Crippen molar-refractivity contribution in [2.45, 2.75) is 51.4 Å². The molecule has 0 atom stereocenters. The van der Waals surface area contributed by atoms with Crippen LogP contribution in [0.5, 0.6) is 0 Å². The minimum absolute atomic E-state index is 0.210. The van der Waals surface area contributed by atoms with E-state index in [0.29, 0.717) is 0 Å². The first kappa shape index (κ1) is 60.7. The van der Waals surface area contributed by atoms with Gasteiger partial charge >= 0.3 is 540 Å². The van der Waals surface area contributed by atoms with Crippen LogP contribution in [0.2, 0.25) is 51.4 Å². The molecule has 0 amide bonds. The van der Waals surface area contributed by atoms with Crippen molar-refractivity contribution < 1.29 is 14.1 Å². The van der Waals surface area contributed by atoms with Crippen molar-refractivity contribution in [3.63, 3.8) is 0 Å². The summed E-state index contributed by atoms with van der Waals surface area (Å²) in [6.07, 6.45) is 0. The molecule has 0 aliphatic heterocycles. The van der Waals surface area contributed by atoms with Gasteiger partial charge in [0.1, 0.15) is 0 Å². The molecule has 0 aliphatic carbocycles. The van der Waals surface area contributed by atoms with Crippen LogP contribution in [0.15, 0.2) is 364 Å². The van der Waals surface area contributed by atoms with Crippen LogP contribution in [0, 0.1) is 0 Å². The second-order valence-corrected chi connectivity index (χ2v) is 59.3. The molecule has 12 aromatic carbocycles. The Hall–Kier alpha value is -7.53. The van der Waals surface area contributed by atoms with E-state index in [0.717, 1.165) is 0 Å². The van der Waals surface area contributed by atoms with E-state index >= 15 is 0 Å². The fraction of sp³-hybridized carbons (Fsp3) is 0.111. The van der Waals surface area contributed by atoms with E-state index in [1.165, 1.54) is 62.2 Å². The molecule has 12 rings (SSSR count). The molecule has 0 saturated heterocycles. The van der Waals surface area contributed by atoms with Crippen LogP contribution in [0.3, 0.4) is 0 Å². The average molecular weight is 1280 g/mol. The zero-order valence-corrected chi connectivity index (χ0v) is 59.1. The minimum atomic E-state index is -3.24. The third kappa shape index (κ3) is 10.8. The second-order valence-electron chi connectivity index (χ2n) is 25.2. The standard InChI is InChI=1S/3C27H27Si2.Cr/c3*1-28(24-15-7-3-8-16-24,25-17-9-4-10-18-25)23-29(2,26-19-11-5-12-20-26)27-21-13-6-14-22-27;/h3*3-23H,1-2H3;. The first-order valence-corrected chi connectivity index (χ1v) is 49.0. The molecule has 12 aromatic rings. The molecule has 0 N–H and O–H groups in total. The Labute approximate surface area is 535 Å². The molecule has 0 nitrogen and oxygen atoms in total. The van der Waals surface area contributed by atoms with Gasteiger partial charge in [-0.05, 0) is 0 Å². The third-order valence-corrected chi connectivity index (χ3v) is 78.1. The second kappa shape index (κ2) is 26.3. The predicted octanol–water partition coefficient (Wildman–Crippen LogP) is 12.6. The average Bonchev–Trinajstić information content (AvgIpc) is 0.690. The van der Waals surface area contributed by atoms with Gasteiger partial charge in [-0.15, -0.1) is 0 Å². The summed E-state index contributed by atoms with van der Waals surface area (Å²) < 4.78 is 0.629. The maximum atomic E-state index is 2.91. The van der Waals surface area contributed by atoms with E-state index in [2.05, 4.69) is 403 Å². The third-order valence-electron chi connectivity index (χ3n) is 20.4. The van der Waals surface area contributed by atoms with Gasteiger partial charge in [0.2, 0.25) is 0 Å². The Balaban J connectivity index is 1.46. The van der Waals surface area contributed by atoms with Crippen molar-refractivity contribution in [1.29, 1.82) is 0 Å². The zero-order valence-electron chi connectivity index (χ0n) is 51.8. The van der Waals surface area contributed by atoms with Gasteiger partial charge in [-0.2, -0.15) is 0 Å². The van der Waals surface area contributed by atoms with E-state index in [1.807, 2.05) is 0 Å². The van der Waals surface area contributed by atoms with E-state index in [4.69, 9.17) is 0 Å². The molecule has 0 bridgehead atoms. The molecular weight excluding hydrogens is 1190 g/mol. The first-order valence-electron chi connectivity index (χ1n) is 31.4. The van der Waals surface area contributed by atoms with Gasteiger partial charge in [-0.1, -0.05) is 0 Å². The summed E-state index contributed by atoms with van der Waals surface area (Å²) in [7, 11) is -19.4. The summed E-state index contributed by atoms with van der Waals surface area (Å²) >= 11 is -2.70. The zero-order chi connectivity index (χ0) is 60.7. The van der Waals surface area contributed by atoms with Gasteiger partial charge < -0.3 is 0 Å². The first-order chi connectivity index (χ1) is 43.0. The number of benzene rings is 12. The molecule has 88 heavy (non-hydrogen) atoms. The van der Waals surface area contributed by atoms with Gasteiger partial charge in [0.15, 0.2) is 0 Å². The Bertz CT molecular complexity index is 3170. The summed E-state index contributed by atoms with van der Waals surface area (Å²) in [5.41, 5.74) is 0. The molecular formula is C81H81CrSi6. The maximum absolute atomic E-state index is 3.24. The Morgan fingerprint density at radius 3 is 0.307 bits per heavy atom. The van der Waals surface area contributed by atoms with E-state index in [-0.39, 0.29) is 12.1 Å². The van der Waals surface area contributed by atoms with Crippen molar-refractivity contribution in [1.82, 2.24) is 0 Å². The van der Waals surface area contributed by atoms with Crippen molar-refractivity contribution in [2.24, 2.45) is 0 Å². The van der Waals surface area contributed by atoms with Gasteiger partial charge in [0.05, 0.1) is 0 Å². The number of hydrogen-bond acceptors (Lipinski definition) is 0. The monoisotopic (exact) mass is 1270 g/mol. The molecule has 0 aliphatic rings. The van der Waals surface area contributed by atoms with Crippen LogP contribution in [0.25, 0.3) is 0 Å². The van der Waals surface area contributed by atoms with Gasteiger partial charge in [-0.25, -0.2) is 0 Å². The summed E-state index contributed by atoms with van der Waals surface area (Å²) in [4.78, 5) is 0. The van der Waals surface area contributed by atoms with Gasteiger partial charge in [-0.3, -0.25) is 0 Å². The molecule has 0 spiro atoms. The van der Waals surface area contributed by atoms with Crippen molar-refractivity contribution >= 4 is 111 Å². The fourth-order valence-electron chi connectivity index (χ4n) is 16.0. The number of rotatable bonds is 21. The summed E-state index contributed by atoms with van der Waals surface area (Å²) in [6, 6.07) is 147. The van der Waals surface area contributed by atoms with Crippen LogP contribution in [-0.4, -0.2) is 48.4 Å². The van der Waals surface area contributed by atoms with E-state index < -0.39 is 62.6 Å². The Morgan fingerprint density at radius 2 is 0.227 bits per heavy atom. The van der Waals surface area contributed by atoms with Crippen LogP contribution in [0.4, 0.5) is 0 Å². The van der Waals surface area contributed by atoms with Crippen LogP contribution in [-0.2, 0) is 14.1 Å². The van der Waals surface area contributed by atoms with E-state index in [1.54, 1.807) is 0 Å². The van der Waals surface area contributed by atoms with Crippen molar-refractivity contribution in [3.05, 3.63) is 364 Å². The quantitative estimate of drug-likeness (QED) is 0.0629. The fourth-order valence-corrected chi connectivity index (χ4v) is 93.1. The predicted molar refractivity (Wildman–Crippen MR) is 394 cm³/mol. The topological polar surface area (TPSA) is 0 Å². The van der Waals surface area contributed by atoms with Crippen LogP contribution >= 0.6 is 0 Å². The molecule has 0 aromatic heterocycles. The molecule has 0 fully saturated rings.